The smallest absolute Gasteiger partial charge is 0.407 e. The molecule has 2 N–H and O–H groups in total. The number of aromatic nitrogens is 1. The zero-order chi connectivity index (χ0) is 13.8. The first-order chi connectivity index (χ1) is 9.08. The lowest BCUT2D eigenvalue weighted by Gasteiger charge is -2.29. The van der Waals surface area contributed by atoms with E-state index in [0.717, 1.165) is 5.56 Å². The molecule has 0 aliphatic carbocycles. The zero-order valence-corrected chi connectivity index (χ0v) is 10.8. The molecule has 1 aromatic rings. The van der Waals surface area contributed by atoms with Crippen LogP contribution in [0.4, 0.5) is 10.6 Å². The van der Waals surface area contributed by atoms with Crippen LogP contribution in [0.5, 0.6) is 0 Å². The molecule has 1 aromatic heterocycles. The fourth-order valence-electron chi connectivity index (χ4n) is 2.17. The number of nitrogens with zero attached hydrogens (tertiary/aromatic N) is 2. The molecule has 19 heavy (non-hydrogen) atoms. The van der Waals surface area contributed by atoms with Gasteiger partial charge in [0.15, 0.2) is 0 Å². The molecule has 1 aliphatic rings. The highest BCUT2D eigenvalue weighted by atomic mass is 16.4. The van der Waals surface area contributed by atoms with Crippen LogP contribution in [0.2, 0.25) is 0 Å². The second-order valence-corrected chi connectivity index (χ2v) is 4.70. The number of rotatable bonds is 2. The van der Waals surface area contributed by atoms with E-state index in [9.17, 15) is 9.59 Å². The minimum Gasteiger partial charge on any atom is -0.465 e. The standard InChI is InChI=1S/C13H17N3O3/c1-9-3-2-6-14-11(9)15-12(17)10-4-7-16(8-5-10)13(18)19/h2-3,6,10H,4-5,7-8H2,1H3,(H,18,19)(H,14,15,17). The van der Waals surface area contributed by atoms with Crippen molar-refractivity contribution in [1.82, 2.24) is 9.88 Å². The van der Waals surface area contributed by atoms with Gasteiger partial charge in [-0.1, -0.05) is 6.07 Å². The van der Waals surface area contributed by atoms with Gasteiger partial charge in [0.05, 0.1) is 0 Å². The second-order valence-electron chi connectivity index (χ2n) is 4.70. The van der Waals surface area contributed by atoms with Gasteiger partial charge in [-0.15, -0.1) is 0 Å². The third-order valence-electron chi connectivity index (χ3n) is 3.39. The van der Waals surface area contributed by atoms with Gasteiger partial charge in [0.2, 0.25) is 5.91 Å². The summed E-state index contributed by atoms with van der Waals surface area (Å²) < 4.78 is 0. The number of amides is 2. The van der Waals surface area contributed by atoms with Crippen molar-refractivity contribution in [1.29, 1.82) is 0 Å². The Bertz CT molecular complexity index is 482. The van der Waals surface area contributed by atoms with Crippen LogP contribution in [0.15, 0.2) is 18.3 Å². The van der Waals surface area contributed by atoms with Crippen molar-refractivity contribution in [2.45, 2.75) is 19.8 Å². The van der Waals surface area contributed by atoms with Crippen LogP contribution in [0.1, 0.15) is 18.4 Å². The first-order valence-electron chi connectivity index (χ1n) is 6.28. The summed E-state index contributed by atoms with van der Waals surface area (Å²) in [6, 6.07) is 3.70. The molecule has 0 saturated carbocycles. The maximum atomic E-state index is 12.1. The molecule has 6 heteroatoms. The minimum absolute atomic E-state index is 0.0770. The van der Waals surface area contributed by atoms with Crippen molar-refractivity contribution in [2.75, 3.05) is 18.4 Å². The molecular weight excluding hydrogens is 246 g/mol. The van der Waals surface area contributed by atoms with E-state index in [1.807, 2.05) is 19.1 Å². The summed E-state index contributed by atoms with van der Waals surface area (Å²) in [7, 11) is 0. The van der Waals surface area contributed by atoms with Crippen molar-refractivity contribution in [3.05, 3.63) is 23.9 Å². The van der Waals surface area contributed by atoms with Crippen molar-refractivity contribution in [3.8, 4) is 0 Å². The van der Waals surface area contributed by atoms with Gasteiger partial charge in [-0.3, -0.25) is 4.79 Å². The third-order valence-corrected chi connectivity index (χ3v) is 3.39. The molecule has 102 valence electrons. The normalized spacial score (nSPS) is 16.2. The lowest BCUT2D eigenvalue weighted by atomic mass is 9.96. The number of anilines is 1. The third kappa shape index (κ3) is 3.21. The zero-order valence-electron chi connectivity index (χ0n) is 10.8. The van der Waals surface area contributed by atoms with Gasteiger partial charge in [-0.2, -0.15) is 0 Å². The maximum absolute atomic E-state index is 12.1. The lowest BCUT2D eigenvalue weighted by molar-refractivity contribution is -0.121. The molecule has 2 rings (SSSR count). The van der Waals surface area contributed by atoms with Gasteiger partial charge in [0, 0.05) is 25.2 Å². The number of carbonyl (C=O) groups is 2. The van der Waals surface area contributed by atoms with E-state index in [4.69, 9.17) is 5.11 Å². The number of nitrogens with one attached hydrogen (secondary N) is 1. The van der Waals surface area contributed by atoms with Gasteiger partial charge in [-0.25, -0.2) is 9.78 Å². The van der Waals surface area contributed by atoms with Crippen LogP contribution in [0, 0.1) is 12.8 Å². The Morgan fingerprint density at radius 3 is 2.68 bits per heavy atom. The molecule has 0 aromatic carbocycles. The molecule has 0 bridgehead atoms. The number of likely N-dealkylation sites (tertiary alicyclic amines) is 1. The molecule has 6 nitrogen and oxygen atoms in total. The van der Waals surface area contributed by atoms with E-state index in [1.165, 1.54) is 4.90 Å². The minimum atomic E-state index is -0.917. The van der Waals surface area contributed by atoms with Crippen LogP contribution in [-0.4, -0.2) is 40.1 Å². The first-order valence-corrected chi connectivity index (χ1v) is 6.28. The average Bonchev–Trinajstić information content (AvgIpc) is 2.41. The van der Waals surface area contributed by atoms with Crippen molar-refractivity contribution in [3.63, 3.8) is 0 Å². The van der Waals surface area contributed by atoms with Crippen LogP contribution in [0.25, 0.3) is 0 Å². The number of hydrogen-bond donors (Lipinski definition) is 2. The predicted molar refractivity (Wildman–Crippen MR) is 69.9 cm³/mol. The SMILES string of the molecule is Cc1cccnc1NC(=O)C1CCN(C(=O)O)CC1. The van der Waals surface area contributed by atoms with E-state index in [0.29, 0.717) is 31.7 Å². The number of pyridine rings is 1. The predicted octanol–water partition coefficient (Wildman–Crippen LogP) is 1.72. The van der Waals surface area contributed by atoms with Gasteiger partial charge < -0.3 is 15.3 Å². The summed E-state index contributed by atoms with van der Waals surface area (Å²) in [6.45, 7) is 2.71. The largest absolute Gasteiger partial charge is 0.465 e. The van der Waals surface area contributed by atoms with E-state index >= 15 is 0 Å². The Balaban J connectivity index is 1.92. The Morgan fingerprint density at radius 2 is 2.11 bits per heavy atom. The van der Waals surface area contributed by atoms with Gasteiger partial charge in [0.25, 0.3) is 0 Å². The Kier molecular flexibility index (Phi) is 3.99. The van der Waals surface area contributed by atoms with Crippen LogP contribution < -0.4 is 5.32 Å². The van der Waals surface area contributed by atoms with Crippen molar-refractivity contribution < 1.29 is 14.7 Å². The average molecular weight is 263 g/mol. The Hall–Kier alpha value is -2.11. The highest BCUT2D eigenvalue weighted by Gasteiger charge is 2.27. The fourth-order valence-corrected chi connectivity index (χ4v) is 2.17. The summed E-state index contributed by atoms with van der Waals surface area (Å²) in [6.07, 6.45) is 1.84. The highest BCUT2D eigenvalue weighted by Crippen LogP contribution is 2.19. The van der Waals surface area contributed by atoms with Crippen molar-refractivity contribution in [2.24, 2.45) is 5.92 Å². The van der Waals surface area contributed by atoms with Crippen LogP contribution in [0.3, 0.4) is 0 Å². The van der Waals surface area contributed by atoms with Gasteiger partial charge in [-0.05, 0) is 31.4 Å². The Morgan fingerprint density at radius 1 is 1.42 bits per heavy atom. The molecule has 1 saturated heterocycles. The maximum Gasteiger partial charge on any atom is 0.407 e. The number of hydrogen-bond acceptors (Lipinski definition) is 3. The summed E-state index contributed by atoms with van der Waals surface area (Å²) >= 11 is 0. The van der Waals surface area contributed by atoms with Gasteiger partial charge >= 0.3 is 6.09 Å². The number of carboxylic acid groups (broad SMARTS) is 1. The van der Waals surface area contributed by atoms with Crippen molar-refractivity contribution >= 4 is 17.8 Å². The molecule has 0 atom stereocenters. The number of carbonyl (C=O) groups excluding carboxylic acids is 1. The molecule has 1 fully saturated rings. The molecule has 0 radical (unpaired) electrons. The topological polar surface area (TPSA) is 82.5 Å². The number of aryl methyl sites for hydroxylation is 1. The number of piperidine rings is 1. The van der Waals surface area contributed by atoms with Crippen LogP contribution >= 0.6 is 0 Å². The lowest BCUT2D eigenvalue weighted by Crippen LogP contribution is -2.40. The van der Waals surface area contributed by atoms with E-state index in [-0.39, 0.29) is 11.8 Å². The Labute approximate surface area is 111 Å². The van der Waals surface area contributed by atoms with E-state index in [2.05, 4.69) is 10.3 Å². The summed E-state index contributed by atoms with van der Waals surface area (Å²) in [5, 5.41) is 11.7. The molecule has 0 spiro atoms. The fraction of sp³-hybridized carbons (Fsp3) is 0.462. The van der Waals surface area contributed by atoms with Crippen LogP contribution in [-0.2, 0) is 4.79 Å². The quantitative estimate of drug-likeness (QED) is 0.851. The molecular formula is C13H17N3O3. The molecule has 2 amide bonds. The highest BCUT2D eigenvalue weighted by molar-refractivity contribution is 5.92. The van der Waals surface area contributed by atoms with E-state index < -0.39 is 6.09 Å². The second kappa shape index (κ2) is 5.69. The summed E-state index contributed by atoms with van der Waals surface area (Å²) in [5.74, 6) is 0.358. The molecule has 0 unspecified atom stereocenters. The summed E-state index contributed by atoms with van der Waals surface area (Å²) in [5.41, 5.74) is 0.916. The monoisotopic (exact) mass is 263 g/mol. The first kappa shape index (κ1) is 13.3. The van der Waals surface area contributed by atoms with Gasteiger partial charge in [0.1, 0.15) is 5.82 Å². The molecule has 1 aliphatic heterocycles. The van der Waals surface area contributed by atoms with E-state index in [1.54, 1.807) is 6.20 Å². The molecule has 2 heterocycles. The summed E-state index contributed by atoms with van der Waals surface area (Å²) in [4.78, 5) is 28.3.